The first-order valence-electron chi connectivity index (χ1n) is 5.41. The fourth-order valence-corrected chi connectivity index (χ4v) is 1.94. The molecule has 0 heterocycles. The Morgan fingerprint density at radius 1 is 1.17 bits per heavy atom. The largest absolute Gasteiger partial charge is 0.478 e. The van der Waals surface area contributed by atoms with Gasteiger partial charge in [-0.1, -0.05) is 29.8 Å². The molecule has 0 saturated heterocycles. The van der Waals surface area contributed by atoms with Crippen LogP contribution in [0.5, 0.6) is 0 Å². The molecule has 0 saturated carbocycles. The minimum Gasteiger partial charge on any atom is -0.478 e. The van der Waals surface area contributed by atoms with E-state index in [0.717, 1.165) is 5.69 Å². The zero-order valence-corrected chi connectivity index (χ0v) is 10.6. The summed E-state index contributed by atoms with van der Waals surface area (Å²) in [5.74, 6) is -0.964. The van der Waals surface area contributed by atoms with Gasteiger partial charge in [0.15, 0.2) is 0 Å². The molecule has 0 radical (unpaired) electrons. The summed E-state index contributed by atoms with van der Waals surface area (Å²) in [5, 5.41) is 9.51. The highest BCUT2D eigenvalue weighted by Gasteiger charge is 2.11. The third-order valence-electron chi connectivity index (χ3n) is 2.70. The van der Waals surface area contributed by atoms with E-state index in [0.29, 0.717) is 10.7 Å². The molecular formula is C14H12ClNO2. The summed E-state index contributed by atoms with van der Waals surface area (Å²) < 4.78 is 0. The quantitative estimate of drug-likeness (QED) is 0.913. The maximum Gasteiger partial charge on any atom is 0.335 e. The SMILES string of the molecule is CN(c1ccccc1)c1cc(C(=O)O)ccc1Cl. The van der Waals surface area contributed by atoms with Gasteiger partial charge in [0.05, 0.1) is 16.3 Å². The average molecular weight is 262 g/mol. The number of rotatable bonds is 3. The number of carbonyl (C=O) groups is 1. The molecule has 4 heteroatoms. The molecule has 0 aliphatic rings. The highest BCUT2D eigenvalue weighted by atomic mass is 35.5. The summed E-state index contributed by atoms with van der Waals surface area (Å²) in [4.78, 5) is 12.8. The second-order valence-corrected chi connectivity index (χ2v) is 4.27. The van der Waals surface area contributed by atoms with Crippen LogP contribution < -0.4 is 4.90 Å². The molecule has 18 heavy (non-hydrogen) atoms. The molecule has 2 rings (SSSR count). The number of benzene rings is 2. The number of hydrogen-bond donors (Lipinski definition) is 1. The molecule has 0 aliphatic heterocycles. The highest BCUT2D eigenvalue weighted by Crippen LogP contribution is 2.31. The topological polar surface area (TPSA) is 40.5 Å². The Balaban J connectivity index is 2.44. The van der Waals surface area contributed by atoms with E-state index in [-0.39, 0.29) is 5.56 Å². The smallest absolute Gasteiger partial charge is 0.335 e. The Kier molecular flexibility index (Phi) is 3.53. The molecule has 3 nitrogen and oxygen atoms in total. The maximum absolute atomic E-state index is 11.0. The van der Waals surface area contributed by atoms with Gasteiger partial charge in [0, 0.05) is 12.7 Å². The van der Waals surface area contributed by atoms with Crippen molar-refractivity contribution in [1.82, 2.24) is 0 Å². The van der Waals surface area contributed by atoms with Crippen molar-refractivity contribution in [2.75, 3.05) is 11.9 Å². The molecule has 0 aliphatic carbocycles. The predicted molar refractivity (Wildman–Crippen MR) is 72.9 cm³/mol. The molecule has 0 fully saturated rings. The van der Waals surface area contributed by atoms with Crippen LogP contribution >= 0.6 is 11.6 Å². The third kappa shape index (κ3) is 2.46. The van der Waals surface area contributed by atoms with Gasteiger partial charge in [-0.05, 0) is 30.3 Å². The monoisotopic (exact) mass is 261 g/mol. The minimum absolute atomic E-state index is 0.220. The average Bonchev–Trinajstić information content (AvgIpc) is 2.39. The van der Waals surface area contributed by atoms with Crippen molar-refractivity contribution < 1.29 is 9.90 Å². The van der Waals surface area contributed by atoms with Crippen LogP contribution in [0.3, 0.4) is 0 Å². The van der Waals surface area contributed by atoms with Crippen LogP contribution in [-0.2, 0) is 0 Å². The molecule has 0 unspecified atom stereocenters. The van der Waals surface area contributed by atoms with Crippen LogP contribution in [0.2, 0.25) is 5.02 Å². The Hall–Kier alpha value is -2.00. The summed E-state index contributed by atoms with van der Waals surface area (Å²) in [6.45, 7) is 0. The van der Waals surface area contributed by atoms with Crippen LogP contribution in [0.4, 0.5) is 11.4 Å². The molecule has 1 N–H and O–H groups in total. The highest BCUT2D eigenvalue weighted by molar-refractivity contribution is 6.33. The van der Waals surface area contributed by atoms with Gasteiger partial charge in [-0.2, -0.15) is 0 Å². The lowest BCUT2D eigenvalue weighted by Gasteiger charge is -2.21. The maximum atomic E-state index is 11.0. The molecule has 0 amide bonds. The number of anilines is 2. The van der Waals surface area contributed by atoms with Gasteiger partial charge in [-0.25, -0.2) is 4.79 Å². The van der Waals surface area contributed by atoms with E-state index in [4.69, 9.17) is 16.7 Å². The lowest BCUT2D eigenvalue weighted by atomic mass is 10.2. The van der Waals surface area contributed by atoms with Crippen LogP contribution in [-0.4, -0.2) is 18.1 Å². The molecule has 0 bridgehead atoms. The normalized spacial score (nSPS) is 10.1. The predicted octanol–water partition coefficient (Wildman–Crippen LogP) is 3.81. The lowest BCUT2D eigenvalue weighted by Crippen LogP contribution is -2.11. The third-order valence-corrected chi connectivity index (χ3v) is 3.02. The van der Waals surface area contributed by atoms with Crippen molar-refractivity contribution in [2.24, 2.45) is 0 Å². The number of halogens is 1. The molecule has 2 aromatic carbocycles. The molecule has 0 aromatic heterocycles. The number of para-hydroxylation sites is 1. The van der Waals surface area contributed by atoms with E-state index < -0.39 is 5.97 Å². The van der Waals surface area contributed by atoms with Crippen molar-refractivity contribution >= 4 is 28.9 Å². The first kappa shape index (κ1) is 12.5. The number of hydrogen-bond acceptors (Lipinski definition) is 2. The van der Waals surface area contributed by atoms with Gasteiger partial charge in [0.1, 0.15) is 0 Å². The van der Waals surface area contributed by atoms with Gasteiger partial charge >= 0.3 is 5.97 Å². The van der Waals surface area contributed by atoms with Gasteiger partial charge in [0.2, 0.25) is 0 Å². The molecule has 0 spiro atoms. The molecule has 92 valence electrons. The van der Waals surface area contributed by atoms with Crippen molar-refractivity contribution in [1.29, 1.82) is 0 Å². The van der Waals surface area contributed by atoms with Gasteiger partial charge in [-0.3, -0.25) is 0 Å². The van der Waals surface area contributed by atoms with Gasteiger partial charge < -0.3 is 10.0 Å². The first-order valence-corrected chi connectivity index (χ1v) is 5.79. The van der Waals surface area contributed by atoms with Crippen molar-refractivity contribution in [3.05, 3.63) is 59.1 Å². The summed E-state index contributed by atoms with van der Waals surface area (Å²) in [6.07, 6.45) is 0. The van der Waals surface area contributed by atoms with Crippen LogP contribution in [0, 0.1) is 0 Å². The van der Waals surface area contributed by atoms with Crippen LogP contribution in [0.1, 0.15) is 10.4 Å². The minimum atomic E-state index is -0.964. The zero-order chi connectivity index (χ0) is 13.1. The number of carboxylic acids is 1. The van der Waals surface area contributed by atoms with E-state index in [9.17, 15) is 4.79 Å². The standard InChI is InChI=1S/C14H12ClNO2/c1-16(11-5-3-2-4-6-11)13-9-10(14(17)18)7-8-12(13)15/h2-9H,1H3,(H,17,18). The summed E-state index contributed by atoms with van der Waals surface area (Å²) >= 11 is 6.11. The number of carboxylic acid groups (broad SMARTS) is 1. The lowest BCUT2D eigenvalue weighted by molar-refractivity contribution is 0.0697. The van der Waals surface area contributed by atoms with Crippen molar-refractivity contribution in [3.8, 4) is 0 Å². The Bertz CT molecular complexity index is 569. The summed E-state index contributed by atoms with van der Waals surface area (Å²) in [7, 11) is 1.85. The van der Waals surface area contributed by atoms with E-state index in [1.165, 1.54) is 6.07 Å². The van der Waals surface area contributed by atoms with Crippen LogP contribution in [0.25, 0.3) is 0 Å². The number of aromatic carboxylic acids is 1. The van der Waals surface area contributed by atoms with Crippen molar-refractivity contribution in [2.45, 2.75) is 0 Å². The fraction of sp³-hybridized carbons (Fsp3) is 0.0714. The van der Waals surface area contributed by atoms with E-state index >= 15 is 0 Å². The zero-order valence-electron chi connectivity index (χ0n) is 9.80. The number of nitrogens with zero attached hydrogens (tertiary/aromatic N) is 1. The fourth-order valence-electron chi connectivity index (χ4n) is 1.69. The Morgan fingerprint density at radius 3 is 2.44 bits per heavy atom. The van der Waals surface area contributed by atoms with E-state index in [1.54, 1.807) is 12.1 Å². The molecule has 2 aromatic rings. The summed E-state index contributed by atoms with van der Waals surface area (Å²) in [5.41, 5.74) is 1.84. The second-order valence-electron chi connectivity index (χ2n) is 3.87. The molecular weight excluding hydrogens is 250 g/mol. The van der Waals surface area contributed by atoms with E-state index in [2.05, 4.69) is 0 Å². The Morgan fingerprint density at radius 2 is 1.83 bits per heavy atom. The second kappa shape index (κ2) is 5.10. The van der Waals surface area contributed by atoms with Gasteiger partial charge in [0.25, 0.3) is 0 Å². The first-order chi connectivity index (χ1) is 8.59. The summed E-state index contributed by atoms with van der Waals surface area (Å²) in [6, 6.07) is 14.3. The van der Waals surface area contributed by atoms with Gasteiger partial charge in [-0.15, -0.1) is 0 Å². The van der Waals surface area contributed by atoms with Crippen LogP contribution in [0.15, 0.2) is 48.5 Å². The Labute approximate surface area is 110 Å². The molecule has 0 atom stereocenters. The van der Waals surface area contributed by atoms with Crippen molar-refractivity contribution in [3.63, 3.8) is 0 Å². The van der Waals surface area contributed by atoms with E-state index in [1.807, 2.05) is 42.3 Å².